The molecule has 1 aliphatic rings. The van der Waals surface area contributed by atoms with E-state index < -0.39 is 16.0 Å². The largest absolute Gasteiger partial charge is 0.478 e. The van der Waals surface area contributed by atoms with Crippen LogP contribution < -0.4 is 9.62 Å². The fourth-order valence-electron chi connectivity index (χ4n) is 3.54. The lowest BCUT2D eigenvalue weighted by Crippen LogP contribution is -2.39. The first-order valence-electron chi connectivity index (χ1n) is 9.79. The second-order valence-corrected chi connectivity index (χ2v) is 9.17. The van der Waals surface area contributed by atoms with Crippen molar-refractivity contribution in [2.24, 2.45) is 5.92 Å². The molecular weight excluding hydrogens is 444 g/mol. The molecule has 0 saturated carbocycles. The minimum atomic E-state index is -4.08. The lowest BCUT2D eigenvalue weighted by atomic mass is 9.97. The van der Waals surface area contributed by atoms with E-state index in [0.29, 0.717) is 31.6 Å². The molecule has 3 rings (SSSR count). The molecule has 2 aromatic rings. The summed E-state index contributed by atoms with van der Waals surface area (Å²) >= 11 is 6.05. The van der Waals surface area contributed by atoms with Crippen molar-refractivity contribution in [1.29, 1.82) is 0 Å². The number of benzene rings is 2. The molecule has 0 radical (unpaired) electrons. The third-order valence-electron chi connectivity index (χ3n) is 5.00. The van der Waals surface area contributed by atoms with E-state index in [1.807, 2.05) is 4.90 Å². The fraction of sp³-hybridized carbons (Fsp3) is 0.333. The molecular formula is C21H23ClN2O6S. The van der Waals surface area contributed by atoms with Crippen molar-refractivity contribution < 1.29 is 27.9 Å². The Morgan fingerprint density at radius 3 is 2.68 bits per heavy atom. The normalized spacial score (nSPS) is 16.6. The molecule has 8 nitrogen and oxygen atoms in total. The summed E-state index contributed by atoms with van der Waals surface area (Å²) in [6.45, 7) is 2.95. The molecule has 1 aliphatic heterocycles. The van der Waals surface area contributed by atoms with E-state index in [0.717, 1.165) is 0 Å². The molecule has 2 N–H and O–H groups in total. The zero-order chi connectivity index (χ0) is 22.6. The number of carboxylic acid groups (broad SMARTS) is 1. The molecule has 31 heavy (non-hydrogen) atoms. The smallest absolute Gasteiger partial charge is 0.335 e. The maximum absolute atomic E-state index is 13.0. The number of sulfonamides is 1. The van der Waals surface area contributed by atoms with Gasteiger partial charge in [0.05, 0.1) is 34.5 Å². The third kappa shape index (κ3) is 5.29. The Balaban J connectivity index is 1.97. The summed E-state index contributed by atoms with van der Waals surface area (Å²) in [6.07, 6.45) is 1.38. The average Bonchev–Trinajstić information content (AvgIpc) is 2.74. The van der Waals surface area contributed by atoms with E-state index in [-0.39, 0.29) is 39.7 Å². The van der Waals surface area contributed by atoms with Crippen molar-refractivity contribution in [2.45, 2.75) is 24.7 Å². The van der Waals surface area contributed by atoms with Gasteiger partial charge >= 0.3 is 11.9 Å². The van der Waals surface area contributed by atoms with E-state index in [2.05, 4.69) is 4.72 Å². The number of halogens is 1. The zero-order valence-corrected chi connectivity index (χ0v) is 18.4. The maximum Gasteiger partial charge on any atom is 0.335 e. The van der Waals surface area contributed by atoms with Crippen molar-refractivity contribution in [3.63, 3.8) is 0 Å². The summed E-state index contributed by atoms with van der Waals surface area (Å²) in [4.78, 5) is 25.4. The van der Waals surface area contributed by atoms with Crippen molar-refractivity contribution in [3.8, 4) is 0 Å². The first-order chi connectivity index (χ1) is 14.7. The summed E-state index contributed by atoms with van der Waals surface area (Å²) in [7, 11) is -4.08. The van der Waals surface area contributed by atoms with Gasteiger partial charge in [0, 0.05) is 13.1 Å². The van der Waals surface area contributed by atoms with Crippen LogP contribution in [0.3, 0.4) is 0 Å². The number of rotatable bonds is 7. The molecule has 0 bridgehead atoms. The van der Waals surface area contributed by atoms with Gasteiger partial charge < -0.3 is 14.7 Å². The topological polar surface area (TPSA) is 113 Å². The molecule has 2 aromatic carbocycles. The standard InChI is InChI=1S/C21H23ClN2O6S/c1-2-30-21(27)15-6-5-11-24(13-15)18-10-9-14(20(25)26)12-17(18)23-31(28,29)19-8-4-3-7-16(19)22/h3-4,7-10,12,15,23H,2,5-6,11,13H2,1H3,(H,25,26)/t15-/m0/s1. The van der Waals surface area contributed by atoms with Gasteiger partial charge in [0.1, 0.15) is 4.90 Å². The number of ether oxygens (including phenoxy) is 1. The van der Waals surface area contributed by atoms with Gasteiger partial charge in [-0.1, -0.05) is 23.7 Å². The second-order valence-electron chi connectivity index (χ2n) is 7.11. The molecule has 1 heterocycles. The molecule has 0 unspecified atom stereocenters. The average molecular weight is 467 g/mol. The number of hydrogen-bond donors (Lipinski definition) is 2. The van der Waals surface area contributed by atoms with Crippen molar-refractivity contribution in [1.82, 2.24) is 0 Å². The lowest BCUT2D eigenvalue weighted by molar-refractivity contribution is -0.148. The molecule has 0 aromatic heterocycles. The van der Waals surface area contributed by atoms with Gasteiger partial charge in [-0.3, -0.25) is 9.52 Å². The predicted octanol–water partition coefficient (Wildman–Crippen LogP) is 3.62. The monoisotopic (exact) mass is 466 g/mol. The Morgan fingerprint density at radius 1 is 1.26 bits per heavy atom. The van der Waals surface area contributed by atoms with Crippen molar-refractivity contribution in [3.05, 3.63) is 53.1 Å². The Hall–Kier alpha value is -2.78. The molecule has 0 aliphatic carbocycles. The summed E-state index contributed by atoms with van der Waals surface area (Å²) < 4.78 is 33.5. The second kappa shape index (κ2) is 9.57. The van der Waals surface area contributed by atoms with Crippen molar-refractivity contribution in [2.75, 3.05) is 29.3 Å². The van der Waals surface area contributed by atoms with Crippen LogP contribution in [0.1, 0.15) is 30.1 Å². The first kappa shape index (κ1) is 22.9. The lowest BCUT2D eigenvalue weighted by Gasteiger charge is -2.34. The highest BCUT2D eigenvalue weighted by molar-refractivity contribution is 7.92. The van der Waals surface area contributed by atoms with Gasteiger partial charge in [-0.25, -0.2) is 13.2 Å². The molecule has 1 saturated heterocycles. The molecule has 0 spiro atoms. The number of hydrogen-bond acceptors (Lipinski definition) is 6. The quantitative estimate of drug-likeness (QED) is 0.599. The Labute approximate surface area is 185 Å². The minimum Gasteiger partial charge on any atom is -0.478 e. The molecule has 10 heteroatoms. The summed E-state index contributed by atoms with van der Waals surface area (Å²) in [6, 6.07) is 10.2. The van der Waals surface area contributed by atoms with Crippen LogP contribution in [0.4, 0.5) is 11.4 Å². The van der Waals surface area contributed by atoms with Gasteiger partial charge in [-0.2, -0.15) is 0 Å². The van der Waals surface area contributed by atoms with Crippen LogP contribution in [-0.4, -0.2) is 45.2 Å². The number of carboxylic acids is 1. The summed E-state index contributed by atoms with van der Waals surface area (Å²) in [5.41, 5.74) is 0.513. The summed E-state index contributed by atoms with van der Waals surface area (Å²) in [5, 5.41) is 9.42. The van der Waals surface area contributed by atoms with E-state index in [4.69, 9.17) is 16.3 Å². The Morgan fingerprint density at radius 2 is 2.00 bits per heavy atom. The Bertz CT molecular complexity index is 1090. The third-order valence-corrected chi connectivity index (χ3v) is 6.86. The fourth-order valence-corrected chi connectivity index (χ4v) is 5.12. The van der Waals surface area contributed by atoms with Gasteiger partial charge in [0.25, 0.3) is 10.0 Å². The van der Waals surface area contributed by atoms with Gasteiger partial charge in [-0.05, 0) is 50.1 Å². The number of aromatic carboxylic acids is 1. The van der Waals surface area contributed by atoms with Gasteiger partial charge in [0.2, 0.25) is 0 Å². The van der Waals surface area contributed by atoms with Crippen LogP contribution in [-0.2, 0) is 19.6 Å². The predicted molar refractivity (Wildman–Crippen MR) is 117 cm³/mol. The molecule has 1 atom stereocenters. The number of anilines is 2. The highest BCUT2D eigenvalue weighted by atomic mass is 35.5. The van der Waals surface area contributed by atoms with Crippen LogP contribution in [0.5, 0.6) is 0 Å². The van der Waals surface area contributed by atoms with Crippen LogP contribution in [0.25, 0.3) is 0 Å². The molecule has 0 amide bonds. The molecule has 166 valence electrons. The highest BCUT2D eigenvalue weighted by Crippen LogP contribution is 2.34. The highest BCUT2D eigenvalue weighted by Gasteiger charge is 2.29. The number of nitrogens with zero attached hydrogens (tertiary/aromatic N) is 1. The van der Waals surface area contributed by atoms with E-state index in [1.165, 1.54) is 24.3 Å². The SMILES string of the molecule is CCOC(=O)[C@H]1CCCN(c2ccc(C(=O)O)cc2NS(=O)(=O)c2ccccc2Cl)C1. The number of esters is 1. The number of carbonyl (C=O) groups excluding carboxylic acids is 1. The van der Waals surface area contributed by atoms with E-state index in [9.17, 15) is 23.1 Å². The number of carbonyl (C=O) groups is 2. The minimum absolute atomic E-state index is 0.0475. The molecule has 1 fully saturated rings. The number of nitrogens with one attached hydrogen (secondary N) is 1. The summed E-state index contributed by atoms with van der Waals surface area (Å²) in [5.74, 6) is -1.83. The maximum atomic E-state index is 13.0. The van der Waals surface area contributed by atoms with Crippen LogP contribution >= 0.6 is 11.6 Å². The Kier molecular flexibility index (Phi) is 7.07. The van der Waals surface area contributed by atoms with Crippen molar-refractivity contribution >= 4 is 44.9 Å². The van der Waals surface area contributed by atoms with Gasteiger partial charge in [0.15, 0.2) is 0 Å². The zero-order valence-electron chi connectivity index (χ0n) is 16.9. The van der Waals surface area contributed by atoms with Gasteiger partial charge in [-0.15, -0.1) is 0 Å². The van der Waals surface area contributed by atoms with Crippen LogP contribution in [0.2, 0.25) is 5.02 Å². The van der Waals surface area contributed by atoms with Crippen LogP contribution in [0, 0.1) is 5.92 Å². The number of piperidine rings is 1. The van der Waals surface area contributed by atoms with E-state index in [1.54, 1.807) is 25.1 Å². The van der Waals surface area contributed by atoms with Crippen LogP contribution in [0.15, 0.2) is 47.4 Å². The first-order valence-corrected chi connectivity index (χ1v) is 11.7. The van der Waals surface area contributed by atoms with E-state index >= 15 is 0 Å².